The molecule has 1 aliphatic heterocycles. The van der Waals surface area contributed by atoms with E-state index in [0.717, 1.165) is 38.8 Å². The Balaban J connectivity index is 1.50. The predicted molar refractivity (Wildman–Crippen MR) is 73.4 cm³/mol. The lowest BCUT2D eigenvalue weighted by molar-refractivity contribution is -0.117. The molecule has 0 spiro atoms. The zero-order valence-electron chi connectivity index (χ0n) is 11.8. The van der Waals surface area contributed by atoms with Crippen LogP contribution >= 0.6 is 0 Å². The molecule has 20 heavy (non-hydrogen) atoms. The van der Waals surface area contributed by atoms with Gasteiger partial charge in [0.15, 0.2) is 0 Å². The van der Waals surface area contributed by atoms with E-state index >= 15 is 0 Å². The van der Waals surface area contributed by atoms with Crippen LogP contribution in [0.2, 0.25) is 0 Å². The number of nitrogens with zero attached hydrogens (tertiary/aromatic N) is 3. The van der Waals surface area contributed by atoms with Crippen molar-refractivity contribution in [3.05, 3.63) is 5.89 Å². The van der Waals surface area contributed by atoms with E-state index in [1.807, 2.05) is 7.05 Å². The van der Waals surface area contributed by atoms with Gasteiger partial charge in [-0.1, -0.05) is 5.10 Å². The quantitative estimate of drug-likeness (QED) is 0.792. The van der Waals surface area contributed by atoms with Gasteiger partial charge in [-0.2, -0.15) is 0 Å². The second kappa shape index (κ2) is 5.88. The van der Waals surface area contributed by atoms with Crippen molar-refractivity contribution in [3.63, 3.8) is 0 Å². The fourth-order valence-electron chi connectivity index (χ4n) is 2.69. The van der Waals surface area contributed by atoms with Crippen molar-refractivity contribution >= 4 is 11.9 Å². The molecule has 7 heteroatoms. The first-order valence-electron chi connectivity index (χ1n) is 7.28. The molecule has 1 aromatic heterocycles. The number of rotatable bonds is 6. The molecule has 2 fully saturated rings. The Hall–Kier alpha value is -1.47. The first-order chi connectivity index (χ1) is 9.76. The second-order valence-corrected chi connectivity index (χ2v) is 5.59. The number of anilines is 1. The predicted octanol–water partition coefficient (Wildman–Crippen LogP) is 0.569. The van der Waals surface area contributed by atoms with Gasteiger partial charge in [0.25, 0.3) is 0 Å². The minimum Gasteiger partial charge on any atom is -0.408 e. The van der Waals surface area contributed by atoms with Crippen molar-refractivity contribution in [1.82, 2.24) is 20.4 Å². The molecule has 1 unspecified atom stereocenters. The Morgan fingerprint density at radius 2 is 2.25 bits per heavy atom. The Morgan fingerprint density at radius 3 is 3.00 bits per heavy atom. The summed E-state index contributed by atoms with van der Waals surface area (Å²) in [5.41, 5.74) is 0. The molecule has 2 heterocycles. The zero-order chi connectivity index (χ0) is 13.9. The Morgan fingerprint density at radius 1 is 1.40 bits per heavy atom. The molecule has 1 saturated heterocycles. The molecule has 110 valence electrons. The lowest BCUT2D eigenvalue weighted by atomic mass is 10.2. The van der Waals surface area contributed by atoms with E-state index in [4.69, 9.17) is 4.42 Å². The highest BCUT2D eigenvalue weighted by Crippen LogP contribution is 2.39. The lowest BCUT2D eigenvalue weighted by Crippen LogP contribution is -2.41. The first kappa shape index (κ1) is 13.5. The zero-order valence-corrected chi connectivity index (χ0v) is 11.8. The highest BCUT2D eigenvalue weighted by atomic mass is 16.4. The molecule has 1 saturated carbocycles. The number of nitrogens with one attached hydrogen (secondary N) is 2. The number of likely N-dealkylation sites (N-methyl/N-ethyl adjacent to an activating group) is 1. The fourth-order valence-corrected chi connectivity index (χ4v) is 2.69. The van der Waals surface area contributed by atoms with Crippen molar-refractivity contribution in [2.24, 2.45) is 0 Å². The number of aromatic nitrogens is 2. The smallest absolute Gasteiger partial charge is 0.322 e. The van der Waals surface area contributed by atoms with Crippen molar-refractivity contribution in [2.75, 3.05) is 32.0 Å². The van der Waals surface area contributed by atoms with Gasteiger partial charge in [0.2, 0.25) is 11.8 Å². The molecule has 3 rings (SSSR count). The van der Waals surface area contributed by atoms with E-state index in [2.05, 4.69) is 25.7 Å². The van der Waals surface area contributed by atoms with E-state index in [1.54, 1.807) is 0 Å². The summed E-state index contributed by atoms with van der Waals surface area (Å²) in [7, 11) is 1.94. The van der Waals surface area contributed by atoms with E-state index in [1.165, 1.54) is 0 Å². The van der Waals surface area contributed by atoms with E-state index in [0.29, 0.717) is 24.4 Å². The standard InChI is InChI=1S/C13H21N5O2/c1-14-7-10-3-2-6-18(10)8-11(19)15-13-17-16-12(20-13)9-4-5-9/h9-10,14H,2-8H2,1H3,(H,15,17,19). The molecular formula is C13H21N5O2. The topological polar surface area (TPSA) is 83.3 Å². The van der Waals surface area contributed by atoms with Gasteiger partial charge in [-0.15, -0.1) is 5.10 Å². The molecule has 0 radical (unpaired) electrons. The number of amides is 1. The molecule has 2 aliphatic rings. The van der Waals surface area contributed by atoms with Gasteiger partial charge in [-0.25, -0.2) is 0 Å². The molecule has 7 nitrogen and oxygen atoms in total. The van der Waals surface area contributed by atoms with Crippen LogP contribution in [0.25, 0.3) is 0 Å². The van der Waals surface area contributed by atoms with Crippen molar-refractivity contribution < 1.29 is 9.21 Å². The van der Waals surface area contributed by atoms with Crippen LogP contribution in [0.1, 0.15) is 37.5 Å². The van der Waals surface area contributed by atoms with Crippen molar-refractivity contribution in [2.45, 2.75) is 37.6 Å². The van der Waals surface area contributed by atoms with Gasteiger partial charge in [0, 0.05) is 18.5 Å². The largest absolute Gasteiger partial charge is 0.408 e. The summed E-state index contributed by atoms with van der Waals surface area (Å²) in [5.74, 6) is 0.972. The summed E-state index contributed by atoms with van der Waals surface area (Å²) in [6, 6.07) is 0.664. The maximum absolute atomic E-state index is 12.0. The molecule has 2 N–H and O–H groups in total. The maximum Gasteiger partial charge on any atom is 0.322 e. The Kier molecular flexibility index (Phi) is 3.98. The average Bonchev–Trinajstić information content (AvgIpc) is 3.03. The Labute approximate surface area is 118 Å². The normalized spacial score (nSPS) is 23.1. The third-order valence-corrected chi connectivity index (χ3v) is 3.90. The van der Waals surface area contributed by atoms with Crippen molar-refractivity contribution in [3.8, 4) is 0 Å². The van der Waals surface area contributed by atoms with Crippen LogP contribution in [-0.4, -0.2) is 53.7 Å². The molecule has 1 atom stereocenters. The second-order valence-electron chi connectivity index (χ2n) is 5.59. The molecular weight excluding hydrogens is 258 g/mol. The fraction of sp³-hybridized carbons (Fsp3) is 0.769. The average molecular weight is 279 g/mol. The summed E-state index contributed by atoms with van der Waals surface area (Å²) in [6.07, 6.45) is 4.50. The van der Waals surface area contributed by atoms with Crippen LogP contribution in [0.3, 0.4) is 0 Å². The number of carbonyl (C=O) groups excluding carboxylic acids is 1. The van der Waals surface area contributed by atoms with Crippen LogP contribution in [0, 0.1) is 0 Å². The summed E-state index contributed by atoms with van der Waals surface area (Å²) < 4.78 is 5.43. The lowest BCUT2D eigenvalue weighted by Gasteiger charge is -2.22. The van der Waals surface area contributed by atoms with E-state index in [-0.39, 0.29) is 11.9 Å². The van der Waals surface area contributed by atoms with Crippen LogP contribution in [0.5, 0.6) is 0 Å². The number of hydrogen-bond acceptors (Lipinski definition) is 6. The van der Waals surface area contributed by atoms with Gasteiger partial charge in [0.1, 0.15) is 0 Å². The number of hydrogen-bond donors (Lipinski definition) is 2. The van der Waals surface area contributed by atoms with Crippen LogP contribution < -0.4 is 10.6 Å². The van der Waals surface area contributed by atoms with Crippen LogP contribution in [-0.2, 0) is 4.79 Å². The number of carbonyl (C=O) groups is 1. The minimum absolute atomic E-state index is 0.0843. The minimum atomic E-state index is -0.0843. The summed E-state index contributed by atoms with van der Waals surface area (Å²) in [5, 5.41) is 13.7. The first-order valence-corrected chi connectivity index (χ1v) is 7.28. The third-order valence-electron chi connectivity index (χ3n) is 3.90. The number of likely N-dealkylation sites (tertiary alicyclic amines) is 1. The summed E-state index contributed by atoms with van der Waals surface area (Å²) >= 11 is 0. The molecule has 1 aromatic rings. The molecule has 1 amide bonds. The van der Waals surface area contributed by atoms with Gasteiger partial charge in [-0.05, 0) is 39.3 Å². The SMILES string of the molecule is CNCC1CCCN1CC(=O)Nc1nnc(C2CC2)o1. The van der Waals surface area contributed by atoms with E-state index < -0.39 is 0 Å². The van der Waals surface area contributed by atoms with E-state index in [9.17, 15) is 4.79 Å². The summed E-state index contributed by atoms with van der Waals surface area (Å²) in [4.78, 5) is 14.2. The molecule has 1 aliphatic carbocycles. The van der Waals surface area contributed by atoms with Gasteiger partial charge >= 0.3 is 6.01 Å². The van der Waals surface area contributed by atoms with Crippen LogP contribution in [0.15, 0.2) is 4.42 Å². The summed E-state index contributed by atoms with van der Waals surface area (Å²) in [6.45, 7) is 2.27. The van der Waals surface area contributed by atoms with Gasteiger partial charge in [0.05, 0.1) is 6.54 Å². The molecule has 0 bridgehead atoms. The van der Waals surface area contributed by atoms with Gasteiger partial charge < -0.3 is 9.73 Å². The highest BCUT2D eigenvalue weighted by molar-refractivity contribution is 5.90. The maximum atomic E-state index is 12.0. The van der Waals surface area contributed by atoms with Crippen molar-refractivity contribution in [1.29, 1.82) is 0 Å². The molecule has 0 aromatic carbocycles. The highest BCUT2D eigenvalue weighted by Gasteiger charge is 2.30. The third kappa shape index (κ3) is 3.16. The Bertz CT molecular complexity index is 471. The van der Waals surface area contributed by atoms with Gasteiger partial charge in [-0.3, -0.25) is 15.0 Å². The monoisotopic (exact) mass is 279 g/mol. The van der Waals surface area contributed by atoms with Crippen LogP contribution in [0.4, 0.5) is 6.01 Å².